The fourth-order valence-electron chi connectivity index (χ4n) is 2.68. The predicted octanol–water partition coefficient (Wildman–Crippen LogP) is 2.55. The van der Waals surface area contributed by atoms with Crippen molar-refractivity contribution in [3.63, 3.8) is 0 Å². The van der Waals surface area contributed by atoms with Gasteiger partial charge in [0.25, 0.3) is 5.91 Å². The van der Waals surface area contributed by atoms with Gasteiger partial charge in [0.2, 0.25) is 0 Å². The molecule has 1 aliphatic rings. The molecule has 1 N–H and O–H groups in total. The number of nitrogens with one attached hydrogen (secondary N) is 1. The van der Waals surface area contributed by atoms with Crippen molar-refractivity contribution in [3.05, 3.63) is 42.2 Å². The van der Waals surface area contributed by atoms with E-state index in [0.29, 0.717) is 11.6 Å². The summed E-state index contributed by atoms with van der Waals surface area (Å²) in [6.45, 7) is 1.53. The number of hydrogen-bond donors (Lipinski definition) is 1. The van der Waals surface area contributed by atoms with Crippen molar-refractivity contribution >= 4 is 17.3 Å². The van der Waals surface area contributed by atoms with Gasteiger partial charge in [-0.1, -0.05) is 6.07 Å². The first-order valence-electron chi connectivity index (χ1n) is 7.84. The van der Waals surface area contributed by atoms with Crippen LogP contribution in [0.5, 0.6) is 0 Å². The zero-order chi connectivity index (χ0) is 16.2. The molecule has 0 unspecified atom stereocenters. The topological polar surface area (TPSA) is 59.4 Å². The highest BCUT2D eigenvalue weighted by molar-refractivity contribution is 6.04. The molecule has 6 heteroatoms. The van der Waals surface area contributed by atoms with Crippen molar-refractivity contribution in [1.29, 1.82) is 0 Å². The first-order valence-corrected chi connectivity index (χ1v) is 7.84. The van der Waals surface area contributed by atoms with E-state index < -0.39 is 0 Å². The second-order valence-electron chi connectivity index (χ2n) is 5.95. The normalized spacial score (nSPS) is 15.4. The first kappa shape index (κ1) is 15.6. The van der Waals surface area contributed by atoms with Gasteiger partial charge >= 0.3 is 0 Å². The maximum atomic E-state index is 12.4. The predicted molar refractivity (Wildman–Crippen MR) is 90.0 cm³/mol. The summed E-state index contributed by atoms with van der Waals surface area (Å²) in [6.07, 6.45) is 5.51. The van der Waals surface area contributed by atoms with Crippen LogP contribution in [0.2, 0.25) is 0 Å². The average molecular weight is 314 g/mol. The maximum absolute atomic E-state index is 12.4. The highest BCUT2D eigenvalue weighted by atomic mass is 16.5. The smallest absolute Gasteiger partial charge is 0.255 e. The Morgan fingerprint density at radius 3 is 2.87 bits per heavy atom. The molecule has 0 saturated carbocycles. The van der Waals surface area contributed by atoms with Crippen molar-refractivity contribution in [2.75, 3.05) is 37.5 Å². The van der Waals surface area contributed by atoms with Crippen LogP contribution in [0.4, 0.5) is 11.4 Å². The van der Waals surface area contributed by atoms with E-state index >= 15 is 0 Å². The van der Waals surface area contributed by atoms with Gasteiger partial charge in [0, 0.05) is 44.8 Å². The Hall–Kier alpha value is -2.34. The summed E-state index contributed by atoms with van der Waals surface area (Å²) in [5, 5.41) is 7.28. The number of ether oxygens (including phenoxy) is 1. The lowest BCUT2D eigenvalue weighted by Gasteiger charge is -2.22. The van der Waals surface area contributed by atoms with Gasteiger partial charge in [0.1, 0.15) is 0 Å². The molecule has 1 aromatic carbocycles. The highest BCUT2D eigenvalue weighted by Crippen LogP contribution is 2.22. The van der Waals surface area contributed by atoms with Crippen LogP contribution in [0.3, 0.4) is 0 Å². The summed E-state index contributed by atoms with van der Waals surface area (Å²) < 4.78 is 7.29. The molecule has 1 amide bonds. The molecule has 6 nitrogen and oxygen atoms in total. The number of anilines is 2. The third-order valence-electron chi connectivity index (χ3n) is 4.05. The van der Waals surface area contributed by atoms with E-state index in [9.17, 15) is 4.79 Å². The number of nitrogens with zero attached hydrogens (tertiary/aromatic N) is 3. The molecule has 0 bridgehead atoms. The number of rotatable bonds is 4. The van der Waals surface area contributed by atoms with Crippen molar-refractivity contribution in [2.24, 2.45) is 0 Å². The van der Waals surface area contributed by atoms with E-state index in [0.717, 1.165) is 37.4 Å². The number of benzene rings is 1. The van der Waals surface area contributed by atoms with E-state index in [2.05, 4.69) is 10.4 Å². The third kappa shape index (κ3) is 3.71. The molecule has 0 atom stereocenters. The first-order chi connectivity index (χ1) is 11.1. The van der Waals surface area contributed by atoms with Gasteiger partial charge < -0.3 is 15.0 Å². The van der Waals surface area contributed by atoms with E-state index in [1.54, 1.807) is 6.20 Å². The van der Waals surface area contributed by atoms with Crippen LogP contribution in [0.15, 0.2) is 36.7 Å². The molecule has 122 valence electrons. The van der Waals surface area contributed by atoms with Gasteiger partial charge in [-0.2, -0.15) is 5.10 Å². The molecule has 1 saturated heterocycles. The van der Waals surface area contributed by atoms with Gasteiger partial charge in [-0.15, -0.1) is 0 Å². The molecule has 2 aromatic rings. The number of aromatic nitrogens is 2. The van der Waals surface area contributed by atoms with Gasteiger partial charge in [0.05, 0.1) is 17.9 Å². The molecule has 2 heterocycles. The van der Waals surface area contributed by atoms with E-state index in [4.69, 9.17) is 4.74 Å². The summed E-state index contributed by atoms with van der Waals surface area (Å²) in [5.41, 5.74) is 2.35. The Balaban J connectivity index is 1.68. The van der Waals surface area contributed by atoms with Crippen LogP contribution in [-0.4, -0.2) is 43.0 Å². The Morgan fingerprint density at radius 1 is 1.35 bits per heavy atom. The van der Waals surface area contributed by atoms with Crippen LogP contribution in [-0.2, 0) is 4.74 Å². The number of hydrogen-bond acceptors (Lipinski definition) is 4. The molecule has 3 rings (SSSR count). The van der Waals surface area contributed by atoms with Gasteiger partial charge in [-0.3, -0.25) is 9.48 Å². The number of carbonyl (C=O) groups excluding carboxylic acids is 1. The molecule has 23 heavy (non-hydrogen) atoms. The Labute approximate surface area is 136 Å². The molecule has 0 radical (unpaired) electrons. The van der Waals surface area contributed by atoms with E-state index in [-0.39, 0.29) is 5.91 Å². The van der Waals surface area contributed by atoms with Crippen LogP contribution >= 0.6 is 0 Å². The zero-order valence-corrected chi connectivity index (χ0v) is 13.5. The third-order valence-corrected chi connectivity index (χ3v) is 4.05. The largest absolute Gasteiger partial charge is 0.381 e. The summed E-state index contributed by atoms with van der Waals surface area (Å²) in [7, 11) is 3.91. The lowest BCUT2D eigenvalue weighted by Crippen LogP contribution is -2.19. The lowest BCUT2D eigenvalue weighted by molar-refractivity contribution is 0.0662. The molecular weight excluding hydrogens is 292 g/mol. The van der Waals surface area contributed by atoms with Crippen molar-refractivity contribution < 1.29 is 9.53 Å². The van der Waals surface area contributed by atoms with E-state index in [1.165, 1.54) is 0 Å². The van der Waals surface area contributed by atoms with Crippen LogP contribution in [0.1, 0.15) is 29.2 Å². The van der Waals surface area contributed by atoms with Crippen LogP contribution in [0, 0.1) is 0 Å². The summed E-state index contributed by atoms with van der Waals surface area (Å²) in [5.74, 6) is -0.125. The zero-order valence-electron chi connectivity index (χ0n) is 13.5. The van der Waals surface area contributed by atoms with Crippen LogP contribution in [0.25, 0.3) is 0 Å². The minimum atomic E-state index is -0.125. The summed E-state index contributed by atoms with van der Waals surface area (Å²) in [4.78, 5) is 14.4. The van der Waals surface area contributed by atoms with Crippen molar-refractivity contribution in [2.45, 2.75) is 18.9 Å². The van der Waals surface area contributed by atoms with Crippen LogP contribution < -0.4 is 10.2 Å². The maximum Gasteiger partial charge on any atom is 0.255 e. The fraction of sp³-hybridized carbons (Fsp3) is 0.412. The van der Waals surface area contributed by atoms with Gasteiger partial charge in [0.15, 0.2) is 0 Å². The standard InChI is InChI=1S/C17H22N4O2/c1-20(2)16-5-3-4-13(10-16)17(22)19-14-11-18-21(12-14)15-6-8-23-9-7-15/h3-5,10-12,15H,6-9H2,1-2H3,(H,19,22). The van der Waals surface area contributed by atoms with Crippen molar-refractivity contribution in [3.8, 4) is 0 Å². The Kier molecular flexibility index (Phi) is 4.62. The second-order valence-corrected chi connectivity index (χ2v) is 5.95. The quantitative estimate of drug-likeness (QED) is 0.942. The number of amides is 1. The minimum Gasteiger partial charge on any atom is -0.381 e. The summed E-state index contributed by atoms with van der Waals surface area (Å²) in [6, 6.07) is 7.89. The Bertz CT molecular complexity index is 675. The highest BCUT2D eigenvalue weighted by Gasteiger charge is 2.17. The monoisotopic (exact) mass is 314 g/mol. The molecule has 0 spiro atoms. The Morgan fingerprint density at radius 2 is 2.13 bits per heavy atom. The minimum absolute atomic E-state index is 0.125. The fourth-order valence-corrected chi connectivity index (χ4v) is 2.68. The SMILES string of the molecule is CN(C)c1cccc(C(=O)Nc2cnn(C3CCOCC3)c2)c1. The van der Waals surface area contributed by atoms with Crippen molar-refractivity contribution in [1.82, 2.24) is 9.78 Å². The van der Waals surface area contributed by atoms with Gasteiger partial charge in [-0.05, 0) is 31.0 Å². The molecule has 1 fully saturated rings. The lowest BCUT2D eigenvalue weighted by atomic mass is 10.1. The number of carbonyl (C=O) groups is 1. The molecular formula is C17H22N4O2. The molecule has 0 aliphatic carbocycles. The van der Waals surface area contributed by atoms with E-state index in [1.807, 2.05) is 54.1 Å². The molecule has 1 aliphatic heterocycles. The summed E-state index contributed by atoms with van der Waals surface area (Å²) >= 11 is 0. The van der Waals surface area contributed by atoms with Gasteiger partial charge in [-0.25, -0.2) is 0 Å². The second kappa shape index (κ2) is 6.83. The molecule has 1 aromatic heterocycles. The average Bonchev–Trinajstić information content (AvgIpc) is 3.04.